The van der Waals surface area contributed by atoms with E-state index in [4.69, 9.17) is 36.7 Å². The Bertz CT molecular complexity index is 1170. The molecule has 11 heteroatoms. The molecule has 2 heterocycles. The Kier molecular flexibility index (Phi) is 11.8. The van der Waals surface area contributed by atoms with Crippen LogP contribution in [0.3, 0.4) is 0 Å². The van der Waals surface area contributed by atoms with Crippen LogP contribution in [0.15, 0.2) is 71.2 Å². The molecule has 0 aliphatic carbocycles. The second-order valence-electron chi connectivity index (χ2n) is 7.58. The van der Waals surface area contributed by atoms with Crippen molar-refractivity contribution in [2.75, 3.05) is 33.5 Å². The number of rotatable bonds is 9. The number of aromatic carboxylic acids is 1. The molecule has 0 saturated heterocycles. The van der Waals surface area contributed by atoms with Crippen molar-refractivity contribution in [1.82, 2.24) is 10.3 Å². The summed E-state index contributed by atoms with van der Waals surface area (Å²) in [5.41, 5.74) is 7.78. The first-order valence-corrected chi connectivity index (χ1v) is 11.8. The number of aromatic nitrogens is 1. The first-order valence-electron chi connectivity index (χ1n) is 11.4. The molecule has 37 heavy (non-hydrogen) atoms. The van der Waals surface area contributed by atoms with Crippen LogP contribution in [0.1, 0.15) is 35.8 Å². The quantitative estimate of drug-likeness (QED) is 0.325. The normalized spacial score (nSPS) is 14.8. The number of carbonyl (C=O) groups is 3. The number of halogens is 1. The summed E-state index contributed by atoms with van der Waals surface area (Å²) in [5.74, 6) is -2.85. The fourth-order valence-corrected chi connectivity index (χ4v) is 3.85. The zero-order valence-corrected chi connectivity index (χ0v) is 21.6. The van der Waals surface area contributed by atoms with Gasteiger partial charge in [0.15, 0.2) is 0 Å². The Hall–Kier alpha value is -3.73. The van der Waals surface area contributed by atoms with E-state index >= 15 is 0 Å². The summed E-state index contributed by atoms with van der Waals surface area (Å²) in [6.45, 7) is 4.42. The van der Waals surface area contributed by atoms with Crippen molar-refractivity contribution in [1.29, 1.82) is 0 Å². The number of carbonyl (C=O) groups excluding carboxylic acids is 2. The van der Waals surface area contributed by atoms with Crippen molar-refractivity contribution in [3.8, 4) is 0 Å². The van der Waals surface area contributed by atoms with E-state index in [1.807, 2.05) is 0 Å². The topological polar surface area (TPSA) is 150 Å². The van der Waals surface area contributed by atoms with Crippen LogP contribution in [-0.2, 0) is 23.8 Å². The van der Waals surface area contributed by atoms with Crippen LogP contribution in [0, 0.1) is 0 Å². The van der Waals surface area contributed by atoms with Crippen molar-refractivity contribution in [2.24, 2.45) is 5.73 Å². The Labute approximate surface area is 220 Å². The predicted octanol–water partition coefficient (Wildman–Crippen LogP) is 3.05. The maximum Gasteiger partial charge on any atom is 0.354 e. The number of carboxylic acid groups (broad SMARTS) is 1. The lowest BCUT2D eigenvalue weighted by Crippen LogP contribution is -2.35. The highest BCUT2D eigenvalue weighted by Gasteiger charge is 2.39. The molecule has 4 N–H and O–H groups in total. The van der Waals surface area contributed by atoms with Gasteiger partial charge in [-0.25, -0.2) is 19.4 Å². The average molecular weight is 532 g/mol. The van der Waals surface area contributed by atoms with Crippen molar-refractivity contribution in [2.45, 2.75) is 19.8 Å². The summed E-state index contributed by atoms with van der Waals surface area (Å²) in [6.07, 6.45) is 1.45. The third kappa shape index (κ3) is 7.88. The molecule has 198 valence electrons. The Balaban J connectivity index is 0.000000449. The fourth-order valence-electron chi connectivity index (χ4n) is 3.61. The van der Waals surface area contributed by atoms with E-state index in [0.717, 1.165) is 0 Å². The first-order chi connectivity index (χ1) is 17.8. The number of nitrogens with one attached hydrogen (secondary N) is 1. The summed E-state index contributed by atoms with van der Waals surface area (Å²) in [6, 6.07) is 11.8. The van der Waals surface area contributed by atoms with Gasteiger partial charge < -0.3 is 30.4 Å². The molecule has 1 atom stereocenters. The van der Waals surface area contributed by atoms with Crippen molar-refractivity contribution in [3.63, 3.8) is 0 Å². The summed E-state index contributed by atoms with van der Waals surface area (Å²) < 4.78 is 15.8. The number of nitrogens with two attached hydrogens (primary N) is 1. The molecule has 1 aliphatic rings. The fraction of sp³-hybridized carbons (Fsp3) is 0.308. The lowest BCUT2D eigenvalue weighted by atomic mass is 9.80. The van der Waals surface area contributed by atoms with Crippen LogP contribution in [0.5, 0.6) is 0 Å². The standard InChI is InChI=1S/C20H25ClN2O5.C6H5NO2/c1-4-28-20(25)18-15(11-27-10-9-22)23-12(2)16(19(24)26-3)17(18)13-7-5-6-8-14(13)21;8-6(9)5-3-1-2-4-7-5/h5-8,17,23H,4,9-11,22H2,1-3H3;1-4H,(H,8,9). The van der Waals surface area contributed by atoms with Gasteiger partial charge in [-0.1, -0.05) is 35.9 Å². The molecule has 0 saturated carbocycles. The number of ether oxygens (including phenoxy) is 3. The van der Waals surface area contributed by atoms with Crippen LogP contribution in [-0.4, -0.2) is 61.5 Å². The van der Waals surface area contributed by atoms with E-state index in [1.54, 1.807) is 50.2 Å². The molecular weight excluding hydrogens is 502 g/mol. The van der Waals surface area contributed by atoms with Crippen LogP contribution in [0.2, 0.25) is 5.02 Å². The van der Waals surface area contributed by atoms with Crippen molar-refractivity contribution >= 4 is 29.5 Å². The number of carboxylic acids is 1. The second-order valence-corrected chi connectivity index (χ2v) is 7.99. The number of esters is 2. The third-order valence-electron chi connectivity index (χ3n) is 5.15. The van der Waals surface area contributed by atoms with E-state index in [-0.39, 0.29) is 24.5 Å². The van der Waals surface area contributed by atoms with Gasteiger partial charge in [-0.3, -0.25) is 0 Å². The van der Waals surface area contributed by atoms with Gasteiger partial charge in [0, 0.05) is 23.5 Å². The molecule has 1 aliphatic heterocycles. The number of methoxy groups -OCH3 is 1. The maximum absolute atomic E-state index is 12.9. The summed E-state index contributed by atoms with van der Waals surface area (Å²) in [5, 5.41) is 11.8. The van der Waals surface area contributed by atoms with E-state index in [2.05, 4.69) is 10.3 Å². The average Bonchev–Trinajstić information content (AvgIpc) is 2.89. The minimum Gasteiger partial charge on any atom is -0.477 e. The Morgan fingerprint density at radius 1 is 1.11 bits per heavy atom. The monoisotopic (exact) mass is 531 g/mol. The molecular formula is C26H30ClN3O7. The highest BCUT2D eigenvalue weighted by atomic mass is 35.5. The number of nitrogens with zero attached hydrogens (tertiary/aromatic N) is 1. The van der Waals surface area contributed by atoms with Gasteiger partial charge in [-0.15, -0.1) is 0 Å². The predicted molar refractivity (Wildman–Crippen MR) is 137 cm³/mol. The SMILES string of the molecule is CCOC(=O)C1=C(COCCN)NC(C)=C(C(=O)OC)C1c1ccccc1Cl.O=C(O)c1ccccn1. The summed E-state index contributed by atoms with van der Waals surface area (Å²) in [7, 11) is 1.29. The summed E-state index contributed by atoms with van der Waals surface area (Å²) >= 11 is 6.42. The lowest BCUT2D eigenvalue weighted by molar-refractivity contribution is -0.139. The van der Waals surface area contributed by atoms with Crippen LogP contribution >= 0.6 is 11.6 Å². The van der Waals surface area contributed by atoms with E-state index in [9.17, 15) is 14.4 Å². The maximum atomic E-state index is 12.9. The Morgan fingerprint density at radius 3 is 2.35 bits per heavy atom. The number of hydrogen-bond acceptors (Lipinski definition) is 9. The molecule has 0 radical (unpaired) electrons. The Morgan fingerprint density at radius 2 is 1.81 bits per heavy atom. The van der Waals surface area contributed by atoms with Gasteiger partial charge >= 0.3 is 17.9 Å². The van der Waals surface area contributed by atoms with Gasteiger partial charge in [0.05, 0.1) is 49.7 Å². The van der Waals surface area contributed by atoms with Gasteiger partial charge in [-0.05, 0) is 37.6 Å². The molecule has 2 aromatic rings. The van der Waals surface area contributed by atoms with E-state index < -0.39 is 23.8 Å². The van der Waals surface area contributed by atoms with Crippen LogP contribution < -0.4 is 11.1 Å². The minimum atomic E-state index is -0.990. The van der Waals surface area contributed by atoms with Crippen molar-refractivity contribution in [3.05, 3.63) is 87.5 Å². The van der Waals surface area contributed by atoms with Crippen LogP contribution in [0.4, 0.5) is 0 Å². The minimum absolute atomic E-state index is 0.0810. The van der Waals surface area contributed by atoms with Gasteiger partial charge in [-0.2, -0.15) is 0 Å². The van der Waals surface area contributed by atoms with Crippen molar-refractivity contribution < 1.29 is 33.7 Å². The third-order valence-corrected chi connectivity index (χ3v) is 5.50. The molecule has 0 bridgehead atoms. The number of hydrogen-bond donors (Lipinski definition) is 3. The molecule has 1 aromatic carbocycles. The molecule has 3 rings (SSSR count). The van der Waals surface area contributed by atoms with Gasteiger partial charge in [0.25, 0.3) is 0 Å². The summed E-state index contributed by atoms with van der Waals surface area (Å²) in [4.78, 5) is 39.2. The molecule has 0 amide bonds. The zero-order chi connectivity index (χ0) is 27.4. The molecule has 1 unspecified atom stereocenters. The number of pyridine rings is 1. The second kappa shape index (κ2) is 14.7. The lowest BCUT2D eigenvalue weighted by Gasteiger charge is -2.31. The molecule has 0 fully saturated rings. The zero-order valence-electron chi connectivity index (χ0n) is 20.8. The smallest absolute Gasteiger partial charge is 0.354 e. The van der Waals surface area contributed by atoms with E-state index in [0.29, 0.717) is 40.7 Å². The molecule has 1 aromatic heterocycles. The number of allylic oxidation sites excluding steroid dienone is 1. The highest BCUT2D eigenvalue weighted by molar-refractivity contribution is 6.31. The number of dihydropyridines is 1. The molecule has 10 nitrogen and oxygen atoms in total. The van der Waals surface area contributed by atoms with Crippen LogP contribution in [0.25, 0.3) is 0 Å². The highest BCUT2D eigenvalue weighted by Crippen LogP contribution is 2.41. The molecule has 0 spiro atoms. The number of benzene rings is 1. The largest absolute Gasteiger partial charge is 0.477 e. The van der Waals surface area contributed by atoms with E-state index in [1.165, 1.54) is 19.4 Å². The first kappa shape index (κ1) is 29.5. The van der Waals surface area contributed by atoms with Gasteiger partial charge in [0.1, 0.15) is 5.69 Å². The van der Waals surface area contributed by atoms with Gasteiger partial charge in [0.2, 0.25) is 0 Å².